The highest BCUT2D eigenvalue weighted by Crippen LogP contribution is 2.40. The molecule has 1 aliphatic heterocycles. The molecule has 2 N–H and O–H groups in total. The smallest absolute Gasteiger partial charge is 0.146 e. The number of hydrogen-bond donors (Lipinski definition) is 1. The standard InChI is InChI=1S/C14H19FN2O.C2H6/c15-12-3-2-11(14(16)4-1-5-14)10-13(12)17-6-8-18-9-7-17;1-2/h2-3,10H,1,4-9,16H2;1-2H3. The zero-order valence-corrected chi connectivity index (χ0v) is 12.5. The molecule has 0 amide bonds. The minimum absolute atomic E-state index is 0.163. The van der Waals surface area contributed by atoms with E-state index in [4.69, 9.17) is 10.5 Å². The number of morpholine rings is 1. The highest BCUT2D eigenvalue weighted by molar-refractivity contribution is 5.52. The molecule has 3 rings (SSSR count). The molecule has 0 bridgehead atoms. The van der Waals surface area contributed by atoms with Gasteiger partial charge < -0.3 is 15.4 Å². The van der Waals surface area contributed by atoms with Gasteiger partial charge in [0.1, 0.15) is 5.82 Å². The van der Waals surface area contributed by atoms with Crippen LogP contribution in [0.15, 0.2) is 18.2 Å². The number of hydrogen-bond acceptors (Lipinski definition) is 3. The molecule has 112 valence electrons. The molecule has 1 heterocycles. The van der Waals surface area contributed by atoms with E-state index in [1.54, 1.807) is 6.07 Å². The van der Waals surface area contributed by atoms with Crippen LogP contribution in [-0.4, -0.2) is 26.3 Å². The Bertz CT molecular complexity index is 440. The Morgan fingerprint density at radius 2 is 1.85 bits per heavy atom. The Labute approximate surface area is 120 Å². The van der Waals surface area contributed by atoms with Gasteiger partial charge in [0.05, 0.1) is 18.9 Å². The number of nitrogens with two attached hydrogens (primary N) is 1. The molecule has 2 fully saturated rings. The molecule has 1 saturated carbocycles. The molecule has 1 aliphatic carbocycles. The molecule has 0 radical (unpaired) electrons. The Hall–Kier alpha value is -1.13. The molecule has 20 heavy (non-hydrogen) atoms. The van der Waals surface area contributed by atoms with Crippen molar-refractivity contribution in [2.45, 2.75) is 38.6 Å². The van der Waals surface area contributed by atoms with E-state index >= 15 is 0 Å². The summed E-state index contributed by atoms with van der Waals surface area (Å²) in [5.41, 5.74) is 7.82. The van der Waals surface area contributed by atoms with Crippen LogP contribution in [0.1, 0.15) is 38.7 Å². The van der Waals surface area contributed by atoms with Crippen molar-refractivity contribution in [2.24, 2.45) is 5.73 Å². The first-order valence-electron chi connectivity index (χ1n) is 7.61. The van der Waals surface area contributed by atoms with Crippen LogP contribution < -0.4 is 10.6 Å². The van der Waals surface area contributed by atoms with Gasteiger partial charge in [0.15, 0.2) is 0 Å². The fourth-order valence-electron chi connectivity index (χ4n) is 2.72. The highest BCUT2D eigenvalue weighted by Gasteiger charge is 2.35. The average Bonchev–Trinajstić information content (AvgIpc) is 2.48. The summed E-state index contributed by atoms with van der Waals surface area (Å²) in [5.74, 6) is -0.163. The fraction of sp³-hybridized carbons (Fsp3) is 0.625. The average molecular weight is 280 g/mol. The number of benzene rings is 1. The largest absolute Gasteiger partial charge is 0.378 e. The van der Waals surface area contributed by atoms with Gasteiger partial charge in [-0.25, -0.2) is 4.39 Å². The number of anilines is 1. The minimum atomic E-state index is -0.227. The molecule has 1 aromatic carbocycles. The van der Waals surface area contributed by atoms with E-state index in [0.29, 0.717) is 18.9 Å². The van der Waals surface area contributed by atoms with Gasteiger partial charge in [0.25, 0.3) is 0 Å². The predicted molar refractivity (Wildman–Crippen MR) is 80.5 cm³/mol. The number of nitrogens with zero attached hydrogens (tertiary/aromatic N) is 1. The second-order valence-electron chi connectivity index (χ2n) is 5.28. The van der Waals surface area contributed by atoms with E-state index in [0.717, 1.165) is 31.5 Å². The van der Waals surface area contributed by atoms with Crippen molar-refractivity contribution in [1.82, 2.24) is 0 Å². The first-order valence-corrected chi connectivity index (χ1v) is 7.61. The summed E-state index contributed by atoms with van der Waals surface area (Å²) in [5, 5.41) is 0. The fourth-order valence-corrected chi connectivity index (χ4v) is 2.72. The van der Waals surface area contributed by atoms with Crippen LogP contribution in [0.5, 0.6) is 0 Å². The summed E-state index contributed by atoms with van der Waals surface area (Å²) in [6.45, 7) is 6.82. The van der Waals surface area contributed by atoms with E-state index < -0.39 is 0 Å². The molecule has 0 aromatic heterocycles. The van der Waals surface area contributed by atoms with Crippen molar-refractivity contribution in [2.75, 3.05) is 31.2 Å². The van der Waals surface area contributed by atoms with Crippen LogP contribution in [0.4, 0.5) is 10.1 Å². The third-order valence-electron chi connectivity index (χ3n) is 4.12. The molecule has 0 atom stereocenters. The lowest BCUT2D eigenvalue weighted by atomic mass is 9.72. The van der Waals surface area contributed by atoms with Crippen LogP contribution in [0.2, 0.25) is 0 Å². The third kappa shape index (κ3) is 2.96. The Balaban J connectivity index is 0.000000704. The second-order valence-corrected chi connectivity index (χ2v) is 5.28. The Morgan fingerprint density at radius 1 is 1.20 bits per heavy atom. The molecular weight excluding hydrogens is 255 g/mol. The van der Waals surface area contributed by atoms with Gasteiger partial charge in [-0.15, -0.1) is 0 Å². The van der Waals surface area contributed by atoms with E-state index in [9.17, 15) is 4.39 Å². The maximum Gasteiger partial charge on any atom is 0.146 e. The zero-order valence-electron chi connectivity index (χ0n) is 12.5. The summed E-state index contributed by atoms with van der Waals surface area (Å²) >= 11 is 0. The number of ether oxygens (including phenoxy) is 1. The Kier molecular flexibility index (Phi) is 5.00. The van der Waals surface area contributed by atoms with Gasteiger partial charge in [-0.1, -0.05) is 19.9 Å². The lowest BCUT2D eigenvalue weighted by Crippen LogP contribution is -2.43. The van der Waals surface area contributed by atoms with Crippen molar-refractivity contribution in [3.63, 3.8) is 0 Å². The van der Waals surface area contributed by atoms with Crippen LogP contribution in [0.25, 0.3) is 0 Å². The number of rotatable bonds is 2. The summed E-state index contributed by atoms with van der Waals surface area (Å²) < 4.78 is 19.2. The van der Waals surface area contributed by atoms with Crippen molar-refractivity contribution in [3.8, 4) is 0 Å². The molecule has 1 aromatic rings. The van der Waals surface area contributed by atoms with Crippen LogP contribution in [0.3, 0.4) is 0 Å². The van der Waals surface area contributed by atoms with Gasteiger partial charge in [-0.2, -0.15) is 0 Å². The predicted octanol–water partition coefficient (Wildman–Crippen LogP) is 3.03. The molecule has 2 aliphatic rings. The lowest BCUT2D eigenvalue weighted by molar-refractivity contribution is 0.122. The SMILES string of the molecule is CC.NC1(c2ccc(F)c(N3CCOCC3)c2)CCC1. The van der Waals surface area contributed by atoms with Crippen LogP contribution in [-0.2, 0) is 10.3 Å². The lowest BCUT2D eigenvalue weighted by Gasteiger charge is -2.39. The maximum atomic E-state index is 13.9. The summed E-state index contributed by atoms with van der Waals surface area (Å²) in [6.07, 6.45) is 3.17. The molecule has 3 nitrogen and oxygen atoms in total. The van der Waals surface area contributed by atoms with Crippen LogP contribution in [0, 0.1) is 5.82 Å². The van der Waals surface area contributed by atoms with Crippen LogP contribution >= 0.6 is 0 Å². The quantitative estimate of drug-likeness (QED) is 0.905. The minimum Gasteiger partial charge on any atom is -0.378 e. The molecule has 0 unspecified atom stereocenters. The summed E-state index contributed by atoms with van der Waals surface area (Å²) in [4.78, 5) is 2.05. The van der Waals surface area contributed by atoms with Gasteiger partial charge in [0, 0.05) is 18.6 Å². The van der Waals surface area contributed by atoms with Crippen molar-refractivity contribution in [3.05, 3.63) is 29.6 Å². The molecule has 0 spiro atoms. The zero-order chi connectivity index (χ0) is 14.6. The van der Waals surface area contributed by atoms with Gasteiger partial charge in [-0.3, -0.25) is 0 Å². The van der Waals surface area contributed by atoms with E-state index in [2.05, 4.69) is 0 Å². The van der Waals surface area contributed by atoms with Crippen molar-refractivity contribution in [1.29, 1.82) is 0 Å². The van der Waals surface area contributed by atoms with E-state index in [1.807, 2.05) is 30.9 Å². The summed E-state index contributed by atoms with van der Waals surface area (Å²) in [7, 11) is 0. The van der Waals surface area contributed by atoms with Crippen molar-refractivity contribution < 1.29 is 9.13 Å². The molecule has 4 heteroatoms. The normalized spacial score (nSPS) is 20.7. The van der Waals surface area contributed by atoms with Gasteiger partial charge >= 0.3 is 0 Å². The molecule has 1 saturated heterocycles. The van der Waals surface area contributed by atoms with E-state index in [1.165, 1.54) is 6.42 Å². The highest BCUT2D eigenvalue weighted by atomic mass is 19.1. The second kappa shape index (κ2) is 6.55. The maximum absolute atomic E-state index is 13.9. The van der Waals surface area contributed by atoms with Gasteiger partial charge in [-0.05, 0) is 37.0 Å². The monoisotopic (exact) mass is 280 g/mol. The topological polar surface area (TPSA) is 38.5 Å². The molecular formula is C16H25FN2O. The Morgan fingerprint density at radius 3 is 2.40 bits per heavy atom. The van der Waals surface area contributed by atoms with E-state index in [-0.39, 0.29) is 11.4 Å². The first-order chi connectivity index (χ1) is 9.69. The third-order valence-corrected chi connectivity index (χ3v) is 4.12. The summed E-state index contributed by atoms with van der Waals surface area (Å²) in [6, 6.07) is 5.31. The van der Waals surface area contributed by atoms with Gasteiger partial charge in [0.2, 0.25) is 0 Å². The van der Waals surface area contributed by atoms with Crippen molar-refractivity contribution >= 4 is 5.69 Å². The first kappa shape index (κ1) is 15.3. The number of halogens is 1.